The highest BCUT2D eigenvalue weighted by molar-refractivity contribution is 7.99. The van der Waals surface area contributed by atoms with Gasteiger partial charge in [0.25, 0.3) is 0 Å². The van der Waals surface area contributed by atoms with E-state index in [0.717, 1.165) is 29.7 Å². The van der Waals surface area contributed by atoms with E-state index in [9.17, 15) is 0 Å². The van der Waals surface area contributed by atoms with E-state index in [1.54, 1.807) is 0 Å². The maximum Gasteiger partial charge on any atom is 0.202 e. The second-order valence-electron chi connectivity index (χ2n) is 4.67. The van der Waals surface area contributed by atoms with Gasteiger partial charge < -0.3 is 5.32 Å². The summed E-state index contributed by atoms with van der Waals surface area (Å²) in [5.41, 5.74) is 0. The van der Waals surface area contributed by atoms with Gasteiger partial charge in [0.15, 0.2) is 0 Å². The Labute approximate surface area is 122 Å². The van der Waals surface area contributed by atoms with Crippen molar-refractivity contribution in [2.45, 2.75) is 30.1 Å². The summed E-state index contributed by atoms with van der Waals surface area (Å²) in [6, 6.07) is 10.5. The number of hydrogen-bond donors (Lipinski definition) is 1. The molecule has 0 aliphatic heterocycles. The van der Waals surface area contributed by atoms with E-state index >= 15 is 0 Å². The summed E-state index contributed by atoms with van der Waals surface area (Å²) < 4.78 is 4.39. The summed E-state index contributed by atoms with van der Waals surface area (Å²) in [5, 5.41) is 4.34. The second-order valence-corrected chi connectivity index (χ2v) is 6.59. The fraction of sp³-hybridized carbons (Fsp3) is 0.429. The van der Waals surface area contributed by atoms with E-state index in [4.69, 9.17) is 0 Å². The molecule has 0 unspecified atom stereocenters. The maximum atomic E-state index is 4.52. The van der Waals surface area contributed by atoms with Crippen molar-refractivity contribution in [3.8, 4) is 0 Å². The number of rotatable bonds is 7. The van der Waals surface area contributed by atoms with Crippen LogP contribution in [0.25, 0.3) is 0 Å². The SMILES string of the molecule is c1ccc(SCCCNc2nc(C3CC3)ns2)cc1. The van der Waals surface area contributed by atoms with Gasteiger partial charge in [-0.2, -0.15) is 4.37 Å². The van der Waals surface area contributed by atoms with Crippen LogP contribution in [0, 0.1) is 0 Å². The molecule has 1 saturated carbocycles. The van der Waals surface area contributed by atoms with E-state index in [2.05, 4.69) is 45.0 Å². The lowest BCUT2D eigenvalue weighted by molar-refractivity contribution is 0.959. The van der Waals surface area contributed by atoms with Gasteiger partial charge in [-0.3, -0.25) is 0 Å². The molecule has 1 aliphatic carbocycles. The van der Waals surface area contributed by atoms with Crippen LogP contribution < -0.4 is 5.32 Å². The Morgan fingerprint density at radius 1 is 1.26 bits per heavy atom. The zero-order valence-corrected chi connectivity index (χ0v) is 12.3. The van der Waals surface area contributed by atoms with Gasteiger partial charge in [0.2, 0.25) is 5.13 Å². The zero-order valence-electron chi connectivity index (χ0n) is 10.7. The van der Waals surface area contributed by atoms with Crippen molar-refractivity contribution < 1.29 is 0 Å². The molecule has 100 valence electrons. The monoisotopic (exact) mass is 291 g/mol. The van der Waals surface area contributed by atoms with Crippen molar-refractivity contribution in [3.05, 3.63) is 36.2 Å². The molecule has 1 N–H and O–H groups in total. The van der Waals surface area contributed by atoms with Crippen LogP contribution in [0.3, 0.4) is 0 Å². The molecule has 1 aromatic carbocycles. The molecule has 0 saturated heterocycles. The van der Waals surface area contributed by atoms with Crippen molar-refractivity contribution in [3.63, 3.8) is 0 Å². The second kappa shape index (κ2) is 6.39. The molecule has 1 fully saturated rings. The first-order valence-electron chi connectivity index (χ1n) is 6.67. The van der Waals surface area contributed by atoms with Gasteiger partial charge in [0.05, 0.1) is 0 Å². The molecular weight excluding hydrogens is 274 g/mol. The summed E-state index contributed by atoms with van der Waals surface area (Å²) in [6.07, 6.45) is 3.67. The van der Waals surface area contributed by atoms with Gasteiger partial charge >= 0.3 is 0 Å². The lowest BCUT2D eigenvalue weighted by atomic mass is 10.4. The number of benzene rings is 1. The highest BCUT2D eigenvalue weighted by Crippen LogP contribution is 2.39. The molecule has 0 spiro atoms. The number of anilines is 1. The molecule has 1 aromatic heterocycles. The number of nitrogens with zero attached hydrogens (tertiary/aromatic N) is 2. The number of thioether (sulfide) groups is 1. The van der Waals surface area contributed by atoms with E-state index in [1.165, 1.54) is 29.3 Å². The molecule has 1 aliphatic rings. The average molecular weight is 291 g/mol. The third-order valence-electron chi connectivity index (χ3n) is 2.99. The van der Waals surface area contributed by atoms with E-state index in [1.807, 2.05) is 11.8 Å². The number of aromatic nitrogens is 2. The quantitative estimate of drug-likeness (QED) is 0.618. The van der Waals surface area contributed by atoms with Gasteiger partial charge in [0, 0.05) is 28.9 Å². The van der Waals surface area contributed by atoms with Crippen molar-refractivity contribution in [2.75, 3.05) is 17.6 Å². The van der Waals surface area contributed by atoms with Crippen LogP contribution in [-0.4, -0.2) is 21.7 Å². The standard InChI is InChI=1S/C14H17N3S2/c1-2-5-12(6-3-1)18-10-4-9-15-14-16-13(17-19-14)11-7-8-11/h1-3,5-6,11H,4,7-10H2,(H,15,16,17). The van der Waals surface area contributed by atoms with Crippen LogP contribution >= 0.6 is 23.3 Å². The molecule has 1 heterocycles. The number of nitrogens with one attached hydrogen (secondary N) is 1. The molecule has 2 aromatic rings. The Balaban J connectivity index is 1.34. The normalized spacial score (nSPS) is 14.5. The number of hydrogen-bond acceptors (Lipinski definition) is 5. The molecule has 0 radical (unpaired) electrons. The Hall–Kier alpha value is -1.07. The van der Waals surface area contributed by atoms with Crippen LogP contribution in [-0.2, 0) is 0 Å². The molecule has 0 bridgehead atoms. The molecule has 0 atom stereocenters. The van der Waals surface area contributed by atoms with Gasteiger partial charge in [-0.15, -0.1) is 11.8 Å². The Kier molecular flexibility index (Phi) is 4.35. The Morgan fingerprint density at radius 3 is 2.89 bits per heavy atom. The molecule has 3 nitrogen and oxygen atoms in total. The minimum Gasteiger partial charge on any atom is -0.360 e. The van der Waals surface area contributed by atoms with Crippen LogP contribution in [0.5, 0.6) is 0 Å². The predicted molar refractivity (Wildman–Crippen MR) is 82.2 cm³/mol. The summed E-state index contributed by atoms with van der Waals surface area (Å²) in [4.78, 5) is 5.86. The summed E-state index contributed by atoms with van der Waals surface area (Å²) in [6.45, 7) is 0.971. The van der Waals surface area contributed by atoms with Crippen molar-refractivity contribution in [1.29, 1.82) is 0 Å². The van der Waals surface area contributed by atoms with Crippen LogP contribution in [0.2, 0.25) is 0 Å². The van der Waals surface area contributed by atoms with Gasteiger partial charge in [-0.05, 0) is 37.1 Å². The van der Waals surface area contributed by atoms with Crippen molar-refractivity contribution in [2.24, 2.45) is 0 Å². The zero-order chi connectivity index (χ0) is 12.9. The first-order chi connectivity index (χ1) is 9.42. The van der Waals surface area contributed by atoms with Gasteiger partial charge in [-0.25, -0.2) is 4.98 Å². The Morgan fingerprint density at radius 2 is 2.11 bits per heavy atom. The predicted octanol–water partition coefficient (Wildman–Crippen LogP) is 4.01. The Bertz CT molecular complexity index is 508. The third-order valence-corrected chi connectivity index (χ3v) is 4.78. The maximum absolute atomic E-state index is 4.52. The van der Waals surface area contributed by atoms with Crippen molar-refractivity contribution in [1.82, 2.24) is 9.36 Å². The fourth-order valence-corrected chi connectivity index (χ4v) is 3.33. The average Bonchev–Trinajstić information content (AvgIpc) is 3.20. The van der Waals surface area contributed by atoms with Crippen LogP contribution in [0.1, 0.15) is 31.0 Å². The smallest absolute Gasteiger partial charge is 0.202 e. The van der Waals surface area contributed by atoms with E-state index in [-0.39, 0.29) is 0 Å². The minimum atomic E-state index is 0.653. The summed E-state index contributed by atoms with van der Waals surface area (Å²) in [5.74, 6) is 2.83. The largest absolute Gasteiger partial charge is 0.360 e. The van der Waals surface area contributed by atoms with Gasteiger partial charge in [-0.1, -0.05) is 18.2 Å². The molecule has 5 heteroatoms. The van der Waals surface area contributed by atoms with Crippen LogP contribution in [0.4, 0.5) is 5.13 Å². The van der Waals surface area contributed by atoms with Gasteiger partial charge in [0.1, 0.15) is 5.82 Å². The highest BCUT2D eigenvalue weighted by Gasteiger charge is 2.27. The third kappa shape index (κ3) is 3.94. The first-order valence-corrected chi connectivity index (χ1v) is 8.43. The molecule has 3 rings (SSSR count). The molecule has 19 heavy (non-hydrogen) atoms. The van der Waals surface area contributed by atoms with E-state index < -0.39 is 0 Å². The lowest BCUT2D eigenvalue weighted by Gasteiger charge is -2.02. The van der Waals surface area contributed by atoms with E-state index in [0.29, 0.717) is 5.92 Å². The lowest BCUT2D eigenvalue weighted by Crippen LogP contribution is -2.02. The molecule has 0 amide bonds. The van der Waals surface area contributed by atoms with Crippen LogP contribution in [0.15, 0.2) is 35.2 Å². The fourth-order valence-electron chi connectivity index (χ4n) is 1.79. The topological polar surface area (TPSA) is 37.8 Å². The summed E-state index contributed by atoms with van der Waals surface area (Å²) >= 11 is 3.40. The highest BCUT2D eigenvalue weighted by atomic mass is 32.2. The summed E-state index contributed by atoms with van der Waals surface area (Å²) in [7, 11) is 0. The first kappa shape index (κ1) is 12.9. The molecular formula is C14H17N3S2. The van der Waals surface area contributed by atoms with Crippen molar-refractivity contribution >= 4 is 28.4 Å². The minimum absolute atomic E-state index is 0.653.